The van der Waals surface area contributed by atoms with Gasteiger partial charge in [-0.2, -0.15) is 0 Å². The summed E-state index contributed by atoms with van der Waals surface area (Å²) in [5.74, 6) is 7.27. The van der Waals surface area contributed by atoms with Crippen LogP contribution in [0.15, 0.2) is 122 Å². The van der Waals surface area contributed by atoms with Gasteiger partial charge in [0.25, 0.3) is 0 Å². The fraction of sp³-hybridized carbons (Fsp3) is 0.536. The predicted octanol–water partition coefficient (Wildman–Crippen LogP) is 14.0. The summed E-state index contributed by atoms with van der Waals surface area (Å²) >= 11 is 0. The van der Waals surface area contributed by atoms with E-state index in [4.69, 9.17) is 21.9 Å². The van der Waals surface area contributed by atoms with Crippen LogP contribution in [0.5, 0.6) is 11.5 Å². The van der Waals surface area contributed by atoms with Crippen molar-refractivity contribution in [1.29, 1.82) is 0 Å². The molecule has 0 aromatic heterocycles. The number of fused-ring (bicyclic) bond motifs is 5. The number of nitrogens with two attached hydrogens (primary N) is 3. The van der Waals surface area contributed by atoms with Crippen LogP contribution in [-0.4, -0.2) is 5.11 Å². The minimum absolute atomic E-state index is 0.0484. The van der Waals surface area contributed by atoms with Gasteiger partial charge >= 0.3 is 0 Å². The van der Waals surface area contributed by atoms with Crippen LogP contribution in [0.25, 0.3) is 0 Å². The Morgan fingerprint density at radius 1 is 0.754 bits per heavy atom. The molecule has 9 unspecified atom stereocenters. The molecule has 332 valence electrons. The van der Waals surface area contributed by atoms with Crippen LogP contribution in [0.2, 0.25) is 0 Å². The monoisotopic (exact) mass is 828 g/mol. The zero-order valence-corrected chi connectivity index (χ0v) is 39.0. The van der Waals surface area contributed by atoms with Gasteiger partial charge in [0.05, 0.1) is 0 Å². The molecule has 0 aliphatic heterocycles. The van der Waals surface area contributed by atoms with Gasteiger partial charge in [0.2, 0.25) is 0 Å². The highest BCUT2D eigenvalue weighted by Crippen LogP contribution is 2.70. The first kappa shape index (κ1) is 47.7. The maximum Gasteiger partial charge on any atom is 0.119 e. The predicted molar refractivity (Wildman–Crippen MR) is 260 cm³/mol. The van der Waals surface area contributed by atoms with Crippen LogP contribution in [0.1, 0.15) is 142 Å². The molecule has 3 aromatic rings. The Kier molecular flexibility index (Phi) is 16.1. The van der Waals surface area contributed by atoms with Gasteiger partial charge < -0.3 is 27.0 Å². The minimum Gasteiger partial charge on any atom is -0.508 e. The van der Waals surface area contributed by atoms with E-state index in [0.29, 0.717) is 40.5 Å². The number of nitrogen functional groups attached to an aromatic ring is 1. The van der Waals surface area contributed by atoms with E-state index in [2.05, 4.69) is 90.8 Å². The molecule has 5 heteroatoms. The molecule has 3 aromatic carbocycles. The van der Waals surface area contributed by atoms with E-state index in [1.807, 2.05) is 49.4 Å². The molecule has 4 fully saturated rings. The Bertz CT molecular complexity index is 1910. The Balaban J connectivity index is 0.000000517. The van der Waals surface area contributed by atoms with Crippen LogP contribution in [0.3, 0.4) is 0 Å². The quantitative estimate of drug-likeness (QED) is 0.107. The zero-order chi connectivity index (χ0) is 44.5. The third-order valence-corrected chi connectivity index (χ3v) is 15.7. The van der Waals surface area contributed by atoms with E-state index >= 15 is 0 Å². The Morgan fingerprint density at radius 2 is 1.36 bits per heavy atom. The molecule has 9 atom stereocenters. The third kappa shape index (κ3) is 11.6. The van der Waals surface area contributed by atoms with E-state index in [-0.39, 0.29) is 5.41 Å². The van der Waals surface area contributed by atoms with E-state index in [9.17, 15) is 5.11 Å². The van der Waals surface area contributed by atoms with Crippen molar-refractivity contribution in [2.45, 2.75) is 138 Å². The number of phenolic OH excluding ortho intramolecular Hbond substituents is 1. The van der Waals surface area contributed by atoms with Gasteiger partial charge in [0.1, 0.15) is 18.1 Å². The van der Waals surface area contributed by atoms with Gasteiger partial charge in [-0.25, -0.2) is 0 Å². The number of ether oxygens (including phenoxy) is 1. The molecule has 0 amide bonds. The second-order valence-corrected chi connectivity index (χ2v) is 20.7. The summed E-state index contributed by atoms with van der Waals surface area (Å²) in [5.41, 5.74) is 23.8. The van der Waals surface area contributed by atoms with E-state index in [1.54, 1.807) is 13.0 Å². The first-order chi connectivity index (χ1) is 28.9. The van der Waals surface area contributed by atoms with Gasteiger partial charge in [-0.05, 0) is 189 Å². The van der Waals surface area contributed by atoms with Crippen molar-refractivity contribution < 1.29 is 9.84 Å². The average Bonchev–Trinajstić information content (AvgIpc) is 3.57. The largest absolute Gasteiger partial charge is 0.508 e. The first-order valence-corrected chi connectivity index (χ1v) is 23.4. The molecule has 0 bridgehead atoms. The number of hydrogen-bond acceptors (Lipinski definition) is 5. The summed E-state index contributed by atoms with van der Waals surface area (Å²) in [6.45, 7) is 27.5. The van der Waals surface area contributed by atoms with Crippen molar-refractivity contribution in [3.8, 4) is 11.5 Å². The van der Waals surface area contributed by atoms with E-state index in [0.717, 1.165) is 64.5 Å². The molecule has 0 spiro atoms. The second-order valence-electron chi connectivity index (χ2n) is 20.7. The van der Waals surface area contributed by atoms with Gasteiger partial charge in [0.15, 0.2) is 0 Å². The van der Waals surface area contributed by atoms with Crippen LogP contribution < -0.4 is 21.9 Å². The van der Waals surface area contributed by atoms with Crippen LogP contribution >= 0.6 is 0 Å². The maximum atomic E-state index is 10.3. The lowest BCUT2D eigenvalue weighted by atomic mass is 9.42. The van der Waals surface area contributed by atoms with Crippen molar-refractivity contribution in [3.63, 3.8) is 0 Å². The lowest BCUT2D eigenvalue weighted by Crippen LogP contribution is -2.55. The lowest BCUT2D eigenvalue weighted by molar-refractivity contribution is -0.122. The van der Waals surface area contributed by atoms with Crippen molar-refractivity contribution in [3.05, 3.63) is 138 Å². The fourth-order valence-corrected chi connectivity index (χ4v) is 12.7. The smallest absolute Gasteiger partial charge is 0.119 e. The number of benzene rings is 3. The topological polar surface area (TPSA) is 108 Å². The highest BCUT2D eigenvalue weighted by Gasteiger charge is 2.62. The average molecular weight is 828 g/mol. The van der Waals surface area contributed by atoms with Crippen molar-refractivity contribution in [1.82, 2.24) is 0 Å². The summed E-state index contributed by atoms with van der Waals surface area (Å²) in [6, 6.07) is 25.1. The molecule has 0 saturated heterocycles. The Hall–Kier alpha value is -4.38. The number of allylic oxidation sites excluding steroid dienone is 4. The maximum absolute atomic E-state index is 10.3. The highest BCUT2D eigenvalue weighted by molar-refractivity contribution is 5.45. The van der Waals surface area contributed by atoms with Gasteiger partial charge in [-0.1, -0.05) is 122 Å². The fourth-order valence-electron chi connectivity index (χ4n) is 12.7. The van der Waals surface area contributed by atoms with Gasteiger partial charge in [-0.3, -0.25) is 0 Å². The summed E-state index contributed by atoms with van der Waals surface area (Å²) in [5, 5.41) is 10.3. The summed E-state index contributed by atoms with van der Waals surface area (Å²) in [4.78, 5) is 0. The standard InChI is InChI=1S/C46H63NO2.C7H11N.C3H7N/c1-31(2)7-6-8-32(3)41-23-24-42-40-22-15-36-29-46(34-11-18-38(48)19-12-34,28-27-44(36,4)43(40)25-26-45(41,42)5)35-13-20-39(21-14-35)49-30-33-9-16-37(47)17-10-33;1-6(2)4-5-7(3)8;1-3(2)4/h9-14,16-21,31-32,36,40-43,48H,6-8,15,22-30,47H2,1-5H3;4-5H,1,3,8H2,2H3;1,4H2,2H3/b;5-4-;. The molecule has 5 nitrogen and oxygen atoms in total. The number of aromatic hydroxyl groups is 1. The zero-order valence-electron chi connectivity index (χ0n) is 39.0. The van der Waals surface area contributed by atoms with E-state index in [1.165, 1.54) is 81.8 Å². The molecular formula is C56H81N3O2. The first-order valence-electron chi connectivity index (χ1n) is 23.4. The molecule has 0 heterocycles. The molecule has 7 N–H and O–H groups in total. The number of hydrogen-bond donors (Lipinski definition) is 4. The molecule has 7 rings (SSSR count). The minimum atomic E-state index is -0.0484. The molecule has 4 saturated carbocycles. The number of phenols is 1. The van der Waals surface area contributed by atoms with Gasteiger partial charge in [-0.15, -0.1) is 0 Å². The Labute approximate surface area is 371 Å². The third-order valence-electron chi connectivity index (χ3n) is 15.7. The summed E-state index contributed by atoms with van der Waals surface area (Å²) in [6.07, 6.45) is 20.0. The van der Waals surface area contributed by atoms with Crippen LogP contribution in [0.4, 0.5) is 5.69 Å². The number of anilines is 1. The van der Waals surface area contributed by atoms with Crippen molar-refractivity contribution >= 4 is 5.69 Å². The van der Waals surface area contributed by atoms with Crippen molar-refractivity contribution in [2.24, 2.45) is 63.7 Å². The molecule has 61 heavy (non-hydrogen) atoms. The molecule has 0 radical (unpaired) electrons. The summed E-state index contributed by atoms with van der Waals surface area (Å²) < 4.78 is 6.21. The number of rotatable bonds is 12. The second kappa shape index (κ2) is 20.7. The molecule has 4 aliphatic carbocycles. The molecule has 4 aliphatic rings. The normalized spacial score (nSPS) is 29.4. The van der Waals surface area contributed by atoms with Gasteiger partial charge in [0, 0.05) is 16.8 Å². The highest BCUT2D eigenvalue weighted by atomic mass is 16.5. The lowest BCUT2D eigenvalue weighted by Gasteiger charge is -2.63. The van der Waals surface area contributed by atoms with Crippen molar-refractivity contribution in [2.75, 3.05) is 5.73 Å². The SMILES string of the molecule is C=C(C)/C=C\C(=C)N.C=C(C)N.CC(C)CCCC(C)C1CCC2C3CCC4CC(c5ccc(O)cc5)(c5ccc(OCc6ccc(N)cc6)cc5)CCC4(C)C3CCC12C. The summed E-state index contributed by atoms with van der Waals surface area (Å²) in [7, 11) is 0. The Morgan fingerprint density at radius 3 is 1.93 bits per heavy atom. The van der Waals surface area contributed by atoms with E-state index < -0.39 is 0 Å². The van der Waals surface area contributed by atoms with Crippen LogP contribution in [-0.2, 0) is 12.0 Å². The molecular weight excluding hydrogens is 747 g/mol. The van der Waals surface area contributed by atoms with Crippen LogP contribution in [0, 0.1) is 52.3 Å².